The smallest absolute Gasteiger partial charge is 0.352 e. The van der Waals surface area contributed by atoms with Crippen LogP contribution in [0.1, 0.15) is 19.8 Å². The summed E-state index contributed by atoms with van der Waals surface area (Å²) in [5.41, 5.74) is 5.32. The van der Waals surface area contributed by atoms with Gasteiger partial charge in [-0.25, -0.2) is 4.79 Å². The van der Waals surface area contributed by atoms with E-state index in [4.69, 9.17) is 5.73 Å². The topological polar surface area (TPSA) is 122 Å². The average Bonchev–Trinajstić information content (AvgIpc) is 2.10. The minimum Gasteiger partial charge on any atom is -0.352 e. The second-order valence-electron chi connectivity index (χ2n) is 3.05. The van der Waals surface area contributed by atoms with Gasteiger partial charge in [0.05, 0.1) is 0 Å². The molecule has 16 heavy (non-hydrogen) atoms. The highest BCUT2D eigenvalue weighted by Crippen LogP contribution is 2.51. The molecule has 1 fully saturated rings. The van der Waals surface area contributed by atoms with E-state index in [1.54, 1.807) is 0 Å². The van der Waals surface area contributed by atoms with E-state index in [0.29, 0.717) is 0 Å². The quantitative estimate of drug-likeness (QED) is 0.639. The lowest BCUT2D eigenvalue weighted by Gasteiger charge is -2.20. The van der Waals surface area contributed by atoms with Gasteiger partial charge in [-0.2, -0.15) is 4.57 Å². The highest BCUT2D eigenvalue weighted by Gasteiger charge is 2.41. The molecule has 9 heteroatoms. The molecule has 0 bridgehead atoms. The van der Waals surface area contributed by atoms with Crippen LogP contribution in [0.3, 0.4) is 0 Å². The first-order chi connectivity index (χ1) is 7.32. The van der Waals surface area contributed by atoms with Crippen molar-refractivity contribution in [3.63, 3.8) is 0 Å². The number of phosphoric ester groups is 1. The van der Waals surface area contributed by atoms with Gasteiger partial charge in [-0.15, -0.1) is 0 Å². The van der Waals surface area contributed by atoms with Gasteiger partial charge in [0.2, 0.25) is 0 Å². The minimum atomic E-state index is -4.52. The van der Waals surface area contributed by atoms with Crippen molar-refractivity contribution in [2.45, 2.75) is 25.8 Å². The number of carbonyl (C=O) groups excluding carboxylic acids is 3. The van der Waals surface area contributed by atoms with Crippen LogP contribution in [0.2, 0.25) is 0 Å². The number of nitrogens with two attached hydrogens (primary N) is 1. The van der Waals surface area contributed by atoms with Crippen LogP contribution >= 0.6 is 7.82 Å². The number of phosphoric acid groups is 1. The number of hydrogen-bond donors (Lipinski definition) is 1. The van der Waals surface area contributed by atoms with Crippen LogP contribution < -0.4 is 5.73 Å². The van der Waals surface area contributed by atoms with Gasteiger partial charge in [-0.3, -0.25) is 9.59 Å². The maximum atomic E-state index is 11.6. The summed E-state index contributed by atoms with van der Waals surface area (Å²) in [6.45, 7) is 0.931. The molecular formula is C7H10NO7P. The molecule has 0 aromatic heterocycles. The van der Waals surface area contributed by atoms with Crippen LogP contribution in [0.4, 0.5) is 0 Å². The predicted molar refractivity (Wildman–Crippen MR) is 48.8 cm³/mol. The molecule has 90 valence electrons. The summed E-state index contributed by atoms with van der Waals surface area (Å²) in [7, 11) is -4.52. The molecule has 2 N–H and O–H groups in total. The highest BCUT2D eigenvalue weighted by atomic mass is 31.2. The van der Waals surface area contributed by atoms with Crippen molar-refractivity contribution < 1.29 is 32.5 Å². The Bertz CT molecular complexity index is 379. The molecule has 0 aromatic rings. The molecule has 8 nitrogen and oxygen atoms in total. The third-order valence-electron chi connectivity index (χ3n) is 1.62. The van der Waals surface area contributed by atoms with Crippen molar-refractivity contribution in [1.82, 2.24) is 0 Å². The van der Waals surface area contributed by atoms with Crippen molar-refractivity contribution in [3.8, 4) is 0 Å². The summed E-state index contributed by atoms with van der Waals surface area (Å²) in [5.74, 6) is -2.96. The number of rotatable bonds is 1. The van der Waals surface area contributed by atoms with E-state index < -0.39 is 31.8 Å². The van der Waals surface area contributed by atoms with Gasteiger partial charge in [0.1, 0.15) is 6.04 Å². The molecule has 1 aliphatic rings. The van der Waals surface area contributed by atoms with Crippen molar-refractivity contribution >= 4 is 25.7 Å². The maximum Gasteiger partial charge on any atom is 0.653 e. The Labute approximate surface area is 90.6 Å². The molecule has 1 aliphatic heterocycles. The molecule has 0 aromatic carbocycles. The summed E-state index contributed by atoms with van der Waals surface area (Å²) in [4.78, 5) is 32.8. The Kier molecular flexibility index (Phi) is 3.66. The summed E-state index contributed by atoms with van der Waals surface area (Å²) >= 11 is 0. The molecule has 1 heterocycles. The van der Waals surface area contributed by atoms with E-state index >= 15 is 0 Å². The number of hydrogen-bond acceptors (Lipinski definition) is 8. The van der Waals surface area contributed by atoms with Crippen LogP contribution in [0.25, 0.3) is 0 Å². The van der Waals surface area contributed by atoms with E-state index in [1.807, 2.05) is 0 Å². The fourth-order valence-electron chi connectivity index (χ4n) is 0.953. The first-order valence-electron chi connectivity index (χ1n) is 4.34. The van der Waals surface area contributed by atoms with Crippen LogP contribution in [-0.4, -0.2) is 23.9 Å². The molecular weight excluding hydrogens is 241 g/mol. The largest absolute Gasteiger partial charge is 0.653 e. The molecule has 2 atom stereocenters. The zero-order valence-electron chi connectivity index (χ0n) is 8.37. The van der Waals surface area contributed by atoms with Crippen molar-refractivity contribution in [1.29, 1.82) is 0 Å². The Hall–Kier alpha value is -1.40. The average molecular weight is 251 g/mol. The third kappa shape index (κ3) is 3.32. The van der Waals surface area contributed by atoms with Gasteiger partial charge < -0.3 is 19.3 Å². The second-order valence-corrected chi connectivity index (χ2v) is 4.49. The van der Waals surface area contributed by atoms with E-state index in [0.717, 1.165) is 6.92 Å². The fourth-order valence-corrected chi connectivity index (χ4v) is 2.08. The van der Waals surface area contributed by atoms with E-state index in [1.165, 1.54) is 0 Å². The van der Waals surface area contributed by atoms with Crippen molar-refractivity contribution in [3.05, 3.63) is 0 Å². The normalized spacial score (nSPS) is 30.8. The maximum absolute atomic E-state index is 11.6. The van der Waals surface area contributed by atoms with E-state index in [9.17, 15) is 18.9 Å². The Morgan fingerprint density at radius 3 is 2.69 bits per heavy atom. The second kappa shape index (κ2) is 4.63. The van der Waals surface area contributed by atoms with E-state index in [2.05, 4.69) is 13.6 Å². The van der Waals surface area contributed by atoms with Gasteiger partial charge >= 0.3 is 25.7 Å². The van der Waals surface area contributed by atoms with Gasteiger partial charge in [0.25, 0.3) is 0 Å². The first-order valence-corrected chi connectivity index (χ1v) is 5.80. The van der Waals surface area contributed by atoms with Crippen molar-refractivity contribution in [2.75, 3.05) is 0 Å². The molecule has 0 radical (unpaired) electrons. The van der Waals surface area contributed by atoms with Crippen LogP contribution in [0.15, 0.2) is 0 Å². The van der Waals surface area contributed by atoms with E-state index in [-0.39, 0.29) is 12.8 Å². The Morgan fingerprint density at radius 1 is 1.50 bits per heavy atom. The lowest BCUT2D eigenvalue weighted by atomic mass is 10.2. The zero-order chi connectivity index (χ0) is 12.3. The van der Waals surface area contributed by atoms with Gasteiger partial charge in [-0.1, -0.05) is 0 Å². The number of carbonyl (C=O) groups is 3. The monoisotopic (exact) mass is 251 g/mol. The third-order valence-corrected chi connectivity index (χ3v) is 2.93. The molecule has 1 rings (SSSR count). The summed E-state index contributed by atoms with van der Waals surface area (Å²) in [6, 6.07) is -1.10. The van der Waals surface area contributed by atoms with Crippen LogP contribution in [0, 0.1) is 0 Å². The van der Waals surface area contributed by atoms with Gasteiger partial charge in [-0.05, 0) is 6.42 Å². The van der Waals surface area contributed by atoms with Crippen LogP contribution in [0.5, 0.6) is 0 Å². The molecule has 0 amide bonds. The lowest BCUT2D eigenvalue weighted by molar-refractivity contribution is -0.147. The standard InChI is InChI=1S/C7H10NO7P/c1-4(9)13-16(12)14-6(10)3-2-5(8)7(11)15-16/h5H,2-3,8H2,1H3/t5-,16?/m0/s1. The molecule has 0 aliphatic carbocycles. The minimum absolute atomic E-state index is 0.0116. The Balaban J connectivity index is 2.89. The first kappa shape index (κ1) is 12.7. The fraction of sp³-hybridized carbons (Fsp3) is 0.571. The Morgan fingerprint density at radius 2 is 2.12 bits per heavy atom. The summed E-state index contributed by atoms with van der Waals surface area (Å²) < 4.78 is 24.3. The summed E-state index contributed by atoms with van der Waals surface area (Å²) in [6.07, 6.45) is -0.195. The van der Waals surface area contributed by atoms with Crippen LogP contribution in [-0.2, 0) is 32.5 Å². The predicted octanol–water partition coefficient (Wildman–Crippen LogP) is -0.135. The summed E-state index contributed by atoms with van der Waals surface area (Å²) in [5, 5.41) is 0. The molecule has 0 saturated carbocycles. The molecule has 1 saturated heterocycles. The van der Waals surface area contributed by atoms with Gasteiger partial charge in [0, 0.05) is 13.3 Å². The van der Waals surface area contributed by atoms with Gasteiger partial charge in [0.15, 0.2) is 0 Å². The zero-order valence-corrected chi connectivity index (χ0v) is 9.27. The van der Waals surface area contributed by atoms with Crippen molar-refractivity contribution in [2.24, 2.45) is 5.73 Å². The molecule has 1 unspecified atom stereocenters. The molecule has 0 spiro atoms. The SMILES string of the molecule is CC(=O)OP1(=O)OC(=O)CC[C@H](N)C(=O)O1. The lowest BCUT2D eigenvalue weighted by Crippen LogP contribution is -2.34. The highest BCUT2D eigenvalue weighted by molar-refractivity contribution is 7.50.